The van der Waals surface area contributed by atoms with Crippen LogP contribution in [0.15, 0.2) is 36.0 Å². The molecule has 0 spiro atoms. The van der Waals surface area contributed by atoms with E-state index < -0.39 is 0 Å². The highest BCUT2D eigenvalue weighted by Crippen LogP contribution is 2.12. The van der Waals surface area contributed by atoms with Gasteiger partial charge in [0.2, 0.25) is 0 Å². The first-order chi connectivity index (χ1) is 8.29. The van der Waals surface area contributed by atoms with Crippen LogP contribution in [0.5, 0.6) is 0 Å². The van der Waals surface area contributed by atoms with Gasteiger partial charge >= 0.3 is 0 Å². The Hall–Kier alpha value is -1.52. The molecule has 88 valence electrons. The van der Waals surface area contributed by atoms with Crippen molar-refractivity contribution >= 4 is 17.1 Å². The topological polar surface area (TPSA) is 56.0 Å². The van der Waals surface area contributed by atoms with Crippen molar-refractivity contribution in [1.82, 2.24) is 4.98 Å². The molecule has 4 heteroatoms. The zero-order chi connectivity index (χ0) is 12.1. The van der Waals surface area contributed by atoms with Gasteiger partial charge in [0, 0.05) is 30.5 Å². The quantitative estimate of drug-likeness (QED) is 0.877. The lowest BCUT2D eigenvalue weighted by Crippen LogP contribution is -2.09. The minimum absolute atomic E-state index is 0.204. The number of ketones is 1. The van der Waals surface area contributed by atoms with Gasteiger partial charge in [0.05, 0.1) is 5.51 Å². The summed E-state index contributed by atoms with van der Waals surface area (Å²) in [5.74, 6) is 0.204. The number of hydrogen-bond donors (Lipinski definition) is 1. The van der Waals surface area contributed by atoms with E-state index in [1.807, 2.05) is 24.3 Å². The summed E-state index contributed by atoms with van der Waals surface area (Å²) in [4.78, 5) is 16.9. The van der Waals surface area contributed by atoms with Crippen molar-refractivity contribution in [3.05, 3.63) is 52.0 Å². The average molecular weight is 246 g/mol. The zero-order valence-corrected chi connectivity index (χ0v) is 10.2. The van der Waals surface area contributed by atoms with Crippen molar-refractivity contribution in [1.29, 1.82) is 0 Å². The molecule has 2 aromatic rings. The number of thiazole rings is 1. The molecule has 0 atom stereocenters. The van der Waals surface area contributed by atoms with Gasteiger partial charge in [-0.25, -0.2) is 0 Å². The van der Waals surface area contributed by atoms with Crippen molar-refractivity contribution in [2.75, 3.05) is 0 Å². The molecular weight excluding hydrogens is 232 g/mol. The number of aromatic nitrogens is 1. The van der Waals surface area contributed by atoms with Gasteiger partial charge in [-0.3, -0.25) is 9.78 Å². The summed E-state index contributed by atoms with van der Waals surface area (Å²) < 4.78 is 0. The fourth-order valence-electron chi connectivity index (χ4n) is 1.73. The van der Waals surface area contributed by atoms with Gasteiger partial charge < -0.3 is 5.73 Å². The highest BCUT2D eigenvalue weighted by Gasteiger charge is 2.08. The lowest BCUT2D eigenvalue weighted by molar-refractivity contribution is -0.117. The Labute approximate surface area is 104 Å². The fourth-order valence-corrected chi connectivity index (χ4v) is 2.35. The van der Waals surface area contributed by atoms with E-state index in [0.29, 0.717) is 19.4 Å². The van der Waals surface area contributed by atoms with Crippen molar-refractivity contribution < 1.29 is 4.79 Å². The number of carbonyl (C=O) groups is 1. The van der Waals surface area contributed by atoms with Gasteiger partial charge in [-0.2, -0.15) is 0 Å². The number of nitrogens with two attached hydrogens (primary N) is 1. The van der Waals surface area contributed by atoms with Crippen LogP contribution >= 0.6 is 11.3 Å². The molecule has 0 aliphatic heterocycles. The Morgan fingerprint density at radius 2 is 2.00 bits per heavy atom. The molecule has 2 rings (SSSR count). The number of Topliss-reactive ketones (excluding diaryl/α,β-unsaturated/α-hetero) is 1. The first kappa shape index (κ1) is 12.0. The van der Waals surface area contributed by atoms with Gasteiger partial charge in [0.15, 0.2) is 0 Å². The van der Waals surface area contributed by atoms with Crippen molar-refractivity contribution in [2.45, 2.75) is 19.4 Å². The Kier molecular flexibility index (Phi) is 4.01. The van der Waals surface area contributed by atoms with Gasteiger partial charge in [-0.15, -0.1) is 11.3 Å². The highest BCUT2D eigenvalue weighted by molar-refractivity contribution is 7.09. The van der Waals surface area contributed by atoms with Crippen LogP contribution in [-0.4, -0.2) is 10.8 Å². The smallest absolute Gasteiger partial charge is 0.142 e. The maximum absolute atomic E-state index is 11.9. The molecule has 3 nitrogen and oxygen atoms in total. The lowest BCUT2D eigenvalue weighted by Gasteiger charge is -2.06. The largest absolute Gasteiger partial charge is 0.326 e. The van der Waals surface area contributed by atoms with Gasteiger partial charge in [-0.05, 0) is 11.1 Å². The molecule has 17 heavy (non-hydrogen) atoms. The Balaban J connectivity index is 2.03. The summed E-state index contributed by atoms with van der Waals surface area (Å²) in [6, 6.07) is 7.82. The Morgan fingerprint density at radius 1 is 1.24 bits per heavy atom. The molecule has 2 N–H and O–H groups in total. The first-order valence-corrected chi connectivity index (χ1v) is 6.33. The predicted molar refractivity (Wildman–Crippen MR) is 68.9 cm³/mol. The van der Waals surface area contributed by atoms with Crippen LogP contribution in [0, 0.1) is 0 Å². The average Bonchev–Trinajstić information content (AvgIpc) is 2.82. The third-order valence-corrected chi connectivity index (χ3v) is 3.36. The van der Waals surface area contributed by atoms with Gasteiger partial charge in [0.25, 0.3) is 0 Å². The molecule has 0 fully saturated rings. The third-order valence-electron chi connectivity index (χ3n) is 2.58. The SMILES string of the molecule is NCc1ccccc1CC(=O)Cc1cncs1. The summed E-state index contributed by atoms with van der Waals surface area (Å²) in [7, 11) is 0. The third kappa shape index (κ3) is 3.22. The van der Waals surface area contributed by atoms with E-state index in [1.54, 1.807) is 11.7 Å². The maximum Gasteiger partial charge on any atom is 0.142 e. The lowest BCUT2D eigenvalue weighted by atomic mass is 10.0. The van der Waals surface area contributed by atoms with Crippen molar-refractivity contribution in [3.63, 3.8) is 0 Å². The molecule has 0 saturated heterocycles. The minimum Gasteiger partial charge on any atom is -0.326 e. The van der Waals surface area contributed by atoms with Crippen LogP contribution in [0.3, 0.4) is 0 Å². The summed E-state index contributed by atoms with van der Waals surface area (Å²) in [6.07, 6.45) is 2.66. The highest BCUT2D eigenvalue weighted by atomic mass is 32.1. The summed E-state index contributed by atoms with van der Waals surface area (Å²) >= 11 is 1.52. The summed E-state index contributed by atoms with van der Waals surface area (Å²) in [5.41, 5.74) is 9.47. The second-order valence-electron chi connectivity index (χ2n) is 3.83. The standard InChI is InChI=1S/C13H14N2OS/c14-7-11-4-2-1-3-10(11)5-12(16)6-13-8-15-9-17-13/h1-4,8-9H,5-7,14H2. The van der Waals surface area contributed by atoms with E-state index in [-0.39, 0.29) is 5.78 Å². The minimum atomic E-state index is 0.204. The normalized spacial score (nSPS) is 10.4. The molecule has 0 bridgehead atoms. The molecule has 0 unspecified atom stereocenters. The number of rotatable bonds is 5. The van der Waals surface area contributed by atoms with Crippen LogP contribution in [0.4, 0.5) is 0 Å². The molecule has 0 amide bonds. The number of hydrogen-bond acceptors (Lipinski definition) is 4. The Morgan fingerprint density at radius 3 is 2.65 bits per heavy atom. The molecule has 1 aromatic heterocycles. The van der Waals surface area contributed by atoms with Crippen LogP contribution in [0.25, 0.3) is 0 Å². The maximum atomic E-state index is 11.9. The van der Waals surface area contributed by atoms with Crippen molar-refractivity contribution in [3.8, 4) is 0 Å². The van der Waals surface area contributed by atoms with E-state index in [0.717, 1.165) is 16.0 Å². The van der Waals surface area contributed by atoms with Gasteiger partial charge in [-0.1, -0.05) is 24.3 Å². The predicted octanol–water partition coefficient (Wildman–Crippen LogP) is 1.96. The molecule has 0 radical (unpaired) electrons. The van der Waals surface area contributed by atoms with E-state index in [4.69, 9.17) is 5.73 Å². The Bertz CT molecular complexity index is 494. The van der Waals surface area contributed by atoms with Crippen LogP contribution in [-0.2, 0) is 24.2 Å². The van der Waals surface area contributed by atoms with Gasteiger partial charge in [0.1, 0.15) is 5.78 Å². The second-order valence-corrected chi connectivity index (χ2v) is 4.80. The summed E-state index contributed by atoms with van der Waals surface area (Å²) in [5, 5.41) is 0. The molecule has 1 aromatic carbocycles. The molecule has 0 aliphatic carbocycles. The molecular formula is C13H14N2OS. The number of nitrogens with zero attached hydrogens (tertiary/aromatic N) is 1. The molecule has 0 saturated carbocycles. The fraction of sp³-hybridized carbons (Fsp3) is 0.231. The number of benzene rings is 1. The van der Waals surface area contributed by atoms with E-state index in [9.17, 15) is 4.79 Å². The molecule has 0 aliphatic rings. The van der Waals surface area contributed by atoms with Crippen molar-refractivity contribution in [2.24, 2.45) is 5.73 Å². The van der Waals surface area contributed by atoms with E-state index in [2.05, 4.69) is 4.98 Å². The first-order valence-electron chi connectivity index (χ1n) is 5.45. The second kappa shape index (κ2) is 5.70. The zero-order valence-electron chi connectivity index (χ0n) is 9.43. The van der Waals surface area contributed by atoms with Crippen LogP contribution in [0.2, 0.25) is 0 Å². The monoisotopic (exact) mass is 246 g/mol. The van der Waals surface area contributed by atoms with E-state index >= 15 is 0 Å². The number of carbonyl (C=O) groups excluding carboxylic acids is 1. The summed E-state index contributed by atoms with van der Waals surface area (Å²) in [6.45, 7) is 0.476. The van der Waals surface area contributed by atoms with Crippen LogP contribution in [0.1, 0.15) is 16.0 Å². The van der Waals surface area contributed by atoms with Crippen LogP contribution < -0.4 is 5.73 Å². The molecule has 1 heterocycles. The van der Waals surface area contributed by atoms with E-state index in [1.165, 1.54) is 11.3 Å².